The van der Waals surface area contributed by atoms with E-state index in [1.54, 1.807) is 7.11 Å². The fourth-order valence-corrected chi connectivity index (χ4v) is 1.92. The molecule has 0 unspecified atom stereocenters. The molecule has 0 saturated heterocycles. The van der Waals surface area contributed by atoms with Gasteiger partial charge in [-0.15, -0.1) is 0 Å². The number of nitrogen functional groups attached to an aromatic ring is 1. The van der Waals surface area contributed by atoms with Gasteiger partial charge in [0.25, 0.3) is 5.91 Å². The van der Waals surface area contributed by atoms with E-state index in [-0.39, 0.29) is 11.7 Å². The second kappa shape index (κ2) is 7.05. The molecule has 6 N–H and O–H groups in total. The number of nitrogens with one attached hydrogen (secondary N) is 2. The fraction of sp³-hybridized carbons (Fsp3) is 0.556. The molecule has 0 atom stereocenters. The zero-order valence-corrected chi connectivity index (χ0v) is 10.5. The fourth-order valence-electron chi connectivity index (χ4n) is 1.10. The van der Waals surface area contributed by atoms with E-state index in [0.717, 1.165) is 0 Å². The van der Waals surface area contributed by atoms with Gasteiger partial charge in [0.2, 0.25) is 0 Å². The monoisotopic (exact) mass is 259 g/mol. The summed E-state index contributed by atoms with van der Waals surface area (Å²) in [4.78, 5) is 16.1. The number of aromatic nitrogens is 1. The molecule has 1 amide bonds. The van der Waals surface area contributed by atoms with Crippen molar-refractivity contribution < 1.29 is 9.53 Å². The Morgan fingerprint density at radius 1 is 1.53 bits per heavy atom. The van der Waals surface area contributed by atoms with E-state index in [4.69, 9.17) is 16.2 Å². The van der Waals surface area contributed by atoms with Gasteiger partial charge in [0.1, 0.15) is 10.7 Å². The highest BCUT2D eigenvalue weighted by Crippen LogP contribution is 2.24. The van der Waals surface area contributed by atoms with E-state index in [1.807, 2.05) is 0 Å². The van der Waals surface area contributed by atoms with Gasteiger partial charge in [0.15, 0.2) is 5.13 Å². The van der Waals surface area contributed by atoms with Crippen LogP contribution in [-0.2, 0) is 4.74 Å². The number of rotatable bonds is 7. The molecule has 0 fully saturated rings. The number of hydrogen-bond acceptors (Lipinski definition) is 7. The van der Waals surface area contributed by atoms with Crippen LogP contribution in [0.5, 0.6) is 0 Å². The van der Waals surface area contributed by atoms with Gasteiger partial charge in [-0.25, -0.2) is 4.98 Å². The summed E-state index contributed by atoms with van der Waals surface area (Å²) in [5.74, 6) is -0.0188. The largest absolute Gasteiger partial charge is 0.383 e. The minimum atomic E-state index is -0.245. The lowest BCUT2D eigenvalue weighted by Crippen LogP contribution is -2.28. The van der Waals surface area contributed by atoms with Crippen molar-refractivity contribution in [1.29, 1.82) is 0 Å². The smallest absolute Gasteiger partial charge is 0.265 e. The first-order valence-electron chi connectivity index (χ1n) is 5.16. The molecular formula is C9H17N5O2S. The van der Waals surface area contributed by atoms with Crippen LogP contribution < -0.4 is 22.1 Å². The second-order valence-electron chi connectivity index (χ2n) is 3.20. The van der Waals surface area contributed by atoms with E-state index in [0.29, 0.717) is 36.2 Å². The zero-order chi connectivity index (χ0) is 12.7. The third-order valence-electron chi connectivity index (χ3n) is 1.87. The molecule has 0 radical (unpaired) electrons. The standard InChI is InChI=1S/C9H17N5O2S/c1-16-5-4-13-9-14-7(11)6(17-9)8(15)12-3-2-10/h2-5,10-11H2,1H3,(H,12,15)(H,13,14). The average molecular weight is 259 g/mol. The maximum atomic E-state index is 11.6. The molecule has 0 bridgehead atoms. The van der Waals surface area contributed by atoms with Gasteiger partial charge >= 0.3 is 0 Å². The first-order valence-corrected chi connectivity index (χ1v) is 5.98. The lowest BCUT2D eigenvalue weighted by molar-refractivity contribution is 0.0959. The number of thiazole rings is 1. The molecule has 17 heavy (non-hydrogen) atoms. The Morgan fingerprint density at radius 2 is 2.29 bits per heavy atom. The average Bonchev–Trinajstić information content (AvgIpc) is 2.68. The van der Waals surface area contributed by atoms with Crippen molar-refractivity contribution in [3.05, 3.63) is 4.88 Å². The van der Waals surface area contributed by atoms with Crippen molar-refractivity contribution in [2.75, 3.05) is 44.4 Å². The Balaban J connectivity index is 2.58. The van der Waals surface area contributed by atoms with E-state index < -0.39 is 0 Å². The van der Waals surface area contributed by atoms with E-state index >= 15 is 0 Å². The quantitative estimate of drug-likeness (QED) is 0.489. The number of hydrogen-bond donors (Lipinski definition) is 4. The van der Waals surface area contributed by atoms with Gasteiger partial charge in [-0.2, -0.15) is 0 Å². The van der Waals surface area contributed by atoms with Crippen molar-refractivity contribution in [2.24, 2.45) is 5.73 Å². The predicted octanol–water partition coefficient (Wildman–Crippen LogP) is -0.528. The molecule has 7 nitrogen and oxygen atoms in total. The molecule has 0 saturated carbocycles. The van der Waals surface area contributed by atoms with E-state index in [9.17, 15) is 4.79 Å². The van der Waals surface area contributed by atoms with Crippen LogP contribution in [-0.4, -0.2) is 44.2 Å². The van der Waals surface area contributed by atoms with Gasteiger partial charge in [0, 0.05) is 26.7 Å². The Bertz CT molecular complexity index is 368. The van der Waals surface area contributed by atoms with Gasteiger partial charge in [-0.3, -0.25) is 4.79 Å². The maximum absolute atomic E-state index is 11.6. The molecule has 96 valence electrons. The molecule has 1 heterocycles. The minimum Gasteiger partial charge on any atom is -0.383 e. The van der Waals surface area contributed by atoms with Crippen LogP contribution in [0, 0.1) is 0 Å². The lowest BCUT2D eigenvalue weighted by atomic mass is 10.4. The van der Waals surface area contributed by atoms with Gasteiger partial charge < -0.3 is 26.8 Å². The number of nitrogens with two attached hydrogens (primary N) is 2. The van der Waals surface area contributed by atoms with Crippen LogP contribution >= 0.6 is 11.3 Å². The second-order valence-corrected chi connectivity index (χ2v) is 4.20. The number of carbonyl (C=O) groups excluding carboxylic acids is 1. The Morgan fingerprint density at radius 3 is 2.94 bits per heavy atom. The maximum Gasteiger partial charge on any atom is 0.265 e. The van der Waals surface area contributed by atoms with Crippen LogP contribution in [0.25, 0.3) is 0 Å². The van der Waals surface area contributed by atoms with Crippen LogP contribution in [0.15, 0.2) is 0 Å². The number of amides is 1. The highest BCUT2D eigenvalue weighted by Gasteiger charge is 2.15. The lowest BCUT2D eigenvalue weighted by Gasteiger charge is -2.00. The molecule has 0 aliphatic heterocycles. The molecule has 0 aliphatic rings. The topological polar surface area (TPSA) is 115 Å². The van der Waals surface area contributed by atoms with Crippen LogP contribution in [0.1, 0.15) is 9.67 Å². The van der Waals surface area contributed by atoms with Crippen molar-refractivity contribution in [3.8, 4) is 0 Å². The first kappa shape index (κ1) is 13.7. The van der Waals surface area contributed by atoms with Crippen LogP contribution in [0.3, 0.4) is 0 Å². The SMILES string of the molecule is COCCNc1nc(N)c(C(=O)NCCN)s1. The summed E-state index contributed by atoms with van der Waals surface area (Å²) < 4.78 is 4.89. The van der Waals surface area contributed by atoms with Crippen LogP contribution in [0.2, 0.25) is 0 Å². The summed E-state index contributed by atoms with van der Waals surface area (Å²) in [7, 11) is 1.61. The summed E-state index contributed by atoms with van der Waals surface area (Å²) in [6.07, 6.45) is 0. The molecule has 0 aromatic carbocycles. The van der Waals surface area contributed by atoms with E-state index in [1.165, 1.54) is 11.3 Å². The highest BCUT2D eigenvalue weighted by molar-refractivity contribution is 7.18. The number of nitrogens with zero attached hydrogens (tertiary/aromatic N) is 1. The van der Waals surface area contributed by atoms with Gasteiger partial charge in [-0.05, 0) is 0 Å². The Kier molecular flexibility index (Phi) is 5.67. The van der Waals surface area contributed by atoms with Gasteiger partial charge in [-0.1, -0.05) is 11.3 Å². The molecular weight excluding hydrogens is 242 g/mol. The minimum absolute atomic E-state index is 0.226. The zero-order valence-electron chi connectivity index (χ0n) is 9.66. The molecule has 1 rings (SSSR count). The Labute approximate surface area is 104 Å². The number of anilines is 2. The summed E-state index contributed by atoms with van der Waals surface area (Å²) >= 11 is 1.21. The Hall–Kier alpha value is -1.38. The molecule has 1 aromatic rings. The van der Waals surface area contributed by atoms with Crippen LogP contribution in [0.4, 0.5) is 10.9 Å². The van der Waals surface area contributed by atoms with Crippen molar-refractivity contribution in [3.63, 3.8) is 0 Å². The summed E-state index contributed by atoms with van der Waals surface area (Å²) in [6.45, 7) is 1.99. The third-order valence-corrected chi connectivity index (χ3v) is 2.90. The number of ether oxygens (including phenoxy) is 1. The number of methoxy groups -OCH3 is 1. The molecule has 0 aliphatic carbocycles. The van der Waals surface area contributed by atoms with Crippen molar-refractivity contribution in [1.82, 2.24) is 10.3 Å². The summed E-state index contributed by atoms with van der Waals surface area (Å²) in [5.41, 5.74) is 10.9. The third kappa shape index (κ3) is 4.17. The highest BCUT2D eigenvalue weighted by atomic mass is 32.1. The van der Waals surface area contributed by atoms with E-state index in [2.05, 4.69) is 15.6 Å². The van der Waals surface area contributed by atoms with Gasteiger partial charge in [0.05, 0.1) is 6.61 Å². The normalized spacial score (nSPS) is 10.2. The summed E-state index contributed by atoms with van der Waals surface area (Å²) in [5, 5.41) is 6.27. The first-order chi connectivity index (χ1) is 8.19. The van der Waals surface area contributed by atoms with Crippen molar-refractivity contribution in [2.45, 2.75) is 0 Å². The van der Waals surface area contributed by atoms with Crippen molar-refractivity contribution >= 4 is 28.2 Å². The molecule has 0 spiro atoms. The predicted molar refractivity (Wildman–Crippen MR) is 68.3 cm³/mol. The molecule has 1 aromatic heterocycles. The number of carbonyl (C=O) groups is 1. The summed E-state index contributed by atoms with van der Waals surface area (Å²) in [6, 6.07) is 0. The molecule has 8 heteroatoms.